The van der Waals surface area contributed by atoms with Crippen LogP contribution < -0.4 is 0 Å². The molecule has 0 saturated carbocycles. The van der Waals surface area contributed by atoms with E-state index in [-0.39, 0.29) is 11.1 Å². The lowest BCUT2D eigenvalue weighted by atomic mass is 10.1. The lowest BCUT2D eigenvalue weighted by Gasteiger charge is -2.10. The predicted octanol–water partition coefficient (Wildman–Crippen LogP) is 5.56. The lowest BCUT2D eigenvalue weighted by Crippen LogP contribution is -2.08. The van der Waals surface area contributed by atoms with Gasteiger partial charge in [-0.3, -0.25) is 9.59 Å². The highest BCUT2D eigenvalue weighted by molar-refractivity contribution is 9.09. The monoisotopic (exact) mass is 486 g/mol. The van der Waals surface area contributed by atoms with Gasteiger partial charge in [0.05, 0.1) is 17.5 Å². The smallest absolute Gasteiger partial charge is 0.416 e. The van der Waals surface area contributed by atoms with E-state index in [1.54, 1.807) is 0 Å². The summed E-state index contributed by atoms with van der Waals surface area (Å²) in [5, 5.41) is 17.0. The molecule has 0 spiro atoms. The third-order valence-corrected chi connectivity index (χ3v) is 4.25. The van der Waals surface area contributed by atoms with Crippen molar-refractivity contribution in [3.8, 4) is 0 Å². The Labute approximate surface area is 168 Å². The number of halogens is 7. The first-order valence-electron chi connectivity index (χ1n) is 7.63. The molecular weight excluding hydrogens is 474 g/mol. The van der Waals surface area contributed by atoms with Gasteiger partial charge in [0.2, 0.25) is 0 Å². The Morgan fingerprint density at radius 1 is 0.862 bits per heavy atom. The van der Waals surface area contributed by atoms with E-state index in [0.29, 0.717) is 0 Å². The first kappa shape index (κ1) is 24.5. The van der Waals surface area contributed by atoms with Gasteiger partial charge in [-0.15, -0.1) is 0 Å². The highest BCUT2D eigenvalue weighted by atomic mass is 79.9. The van der Waals surface area contributed by atoms with Crippen molar-refractivity contribution in [1.29, 1.82) is 0 Å². The van der Waals surface area contributed by atoms with Crippen LogP contribution in [0.2, 0.25) is 0 Å². The molecule has 0 aliphatic rings. The third kappa shape index (κ3) is 8.14. The van der Waals surface area contributed by atoms with E-state index in [2.05, 4.69) is 15.9 Å². The summed E-state index contributed by atoms with van der Waals surface area (Å²) in [5.41, 5.74) is -1.47. The molecule has 0 saturated heterocycles. The Bertz CT molecular complexity index is 864. The second-order valence-electron chi connectivity index (χ2n) is 5.59. The fourth-order valence-electron chi connectivity index (χ4n) is 2.05. The Hall–Kier alpha value is -2.56. The molecular formula is C18H13BrF6O4. The number of carbonyl (C=O) groups is 2. The highest BCUT2D eigenvalue weighted by Crippen LogP contribution is 2.32. The quantitative estimate of drug-likeness (QED) is 0.438. The largest absolute Gasteiger partial charge is 0.481 e. The maximum atomic E-state index is 12.3. The molecule has 2 aromatic rings. The molecule has 11 heteroatoms. The van der Waals surface area contributed by atoms with Gasteiger partial charge >= 0.3 is 24.3 Å². The minimum Gasteiger partial charge on any atom is -0.481 e. The number of carboxylic acids is 2. The van der Waals surface area contributed by atoms with Crippen LogP contribution in [0.25, 0.3) is 0 Å². The minimum absolute atomic E-state index is 0.0670. The average Bonchev–Trinajstić information content (AvgIpc) is 2.60. The number of hydrogen-bond donors (Lipinski definition) is 2. The molecule has 0 heterocycles. The summed E-state index contributed by atoms with van der Waals surface area (Å²) in [4.78, 5) is 19.7. The maximum absolute atomic E-state index is 12.3. The summed E-state index contributed by atoms with van der Waals surface area (Å²) in [5.74, 6) is -2.38. The third-order valence-electron chi connectivity index (χ3n) is 3.33. The van der Waals surface area contributed by atoms with Crippen LogP contribution in [0.3, 0.4) is 0 Å². The molecule has 0 fully saturated rings. The predicted molar refractivity (Wildman–Crippen MR) is 93.5 cm³/mol. The zero-order chi connectivity index (χ0) is 22.4. The molecule has 1 unspecified atom stereocenters. The van der Waals surface area contributed by atoms with Crippen molar-refractivity contribution < 1.29 is 46.1 Å². The van der Waals surface area contributed by atoms with Crippen LogP contribution in [-0.2, 0) is 28.4 Å². The molecule has 2 rings (SSSR count). The number of rotatable bonds is 4. The number of hydrogen-bond acceptors (Lipinski definition) is 2. The molecule has 2 N–H and O–H groups in total. The van der Waals surface area contributed by atoms with Crippen molar-refractivity contribution in [3.63, 3.8) is 0 Å². The van der Waals surface area contributed by atoms with Gasteiger partial charge in [0.1, 0.15) is 4.83 Å². The zero-order valence-electron chi connectivity index (χ0n) is 14.3. The van der Waals surface area contributed by atoms with E-state index in [4.69, 9.17) is 10.2 Å². The molecule has 2 aromatic carbocycles. The van der Waals surface area contributed by atoms with Gasteiger partial charge in [-0.2, -0.15) is 26.3 Å². The van der Waals surface area contributed by atoms with E-state index >= 15 is 0 Å². The number of aliphatic carboxylic acids is 2. The molecule has 1 atom stereocenters. The van der Waals surface area contributed by atoms with Crippen LogP contribution in [0, 0.1) is 0 Å². The lowest BCUT2D eigenvalue weighted by molar-refractivity contribution is -0.138. The summed E-state index contributed by atoms with van der Waals surface area (Å²) in [6.07, 6.45) is -9.28. The van der Waals surface area contributed by atoms with Crippen LogP contribution in [0.4, 0.5) is 26.3 Å². The summed E-state index contributed by atoms with van der Waals surface area (Å²) >= 11 is 2.78. The second-order valence-corrected chi connectivity index (χ2v) is 6.51. The highest BCUT2D eigenvalue weighted by Gasteiger charge is 2.31. The van der Waals surface area contributed by atoms with Crippen LogP contribution in [0.15, 0.2) is 48.5 Å². The molecule has 29 heavy (non-hydrogen) atoms. The van der Waals surface area contributed by atoms with Gasteiger partial charge in [-0.25, -0.2) is 0 Å². The average molecular weight is 487 g/mol. The van der Waals surface area contributed by atoms with Crippen LogP contribution in [-0.4, -0.2) is 22.2 Å². The van der Waals surface area contributed by atoms with Crippen LogP contribution in [0.1, 0.15) is 27.1 Å². The second kappa shape index (κ2) is 9.77. The van der Waals surface area contributed by atoms with Crippen LogP contribution >= 0.6 is 15.9 Å². The van der Waals surface area contributed by atoms with E-state index in [1.807, 2.05) is 0 Å². The zero-order valence-corrected chi connectivity index (χ0v) is 15.8. The summed E-state index contributed by atoms with van der Waals surface area (Å²) in [6.45, 7) is 0. The van der Waals surface area contributed by atoms with E-state index < -0.39 is 46.7 Å². The molecule has 0 aromatic heterocycles. The van der Waals surface area contributed by atoms with Gasteiger partial charge in [0, 0.05) is 0 Å². The molecule has 4 nitrogen and oxygen atoms in total. The summed E-state index contributed by atoms with van der Waals surface area (Å²) < 4.78 is 73.3. The van der Waals surface area contributed by atoms with Crippen molar-refractivity contribution in [2.75, 3.05) is 0 Å². The minimum atomic E-state index is -4.46. The van der Waals surface area contributed by atoms with Crippen molar-refractivity contribution in [3.05, 3.63) is 70.8 Å². The van der Waals surface area contributed by atoms with Crippen molar-refractivity contribution in [2.24, 2.45) is 0 Å². The van der Waals surface area contributed by atoms with Crippen molar-refractivity contribution in [2.45, 2.75) is 23.6 Å². The van der Waals surface area contributed by atoms with Crippen molar-refractivity contribution >= 4 is 27.9 Å². The number of alkyl halides is 7. The maximum Gasteiger partial charge on any atom is 0.416 e. The summed E-state index contributed by atoms with van der Waals surface area (Å²) in [7, 11) is 0. The van der Waals surface area contributed by atoms with E-state index in [1.165, 1.54) is 24.3 Å². The molecule has 0 bridgehead atoms. The van der Waals surface area contributed by atoms with E-state index in [0.717, 1.165) is 24.3 Å². The topological polar surface area (TPSA) is 74.6 Å². The number of benzene rings is 2. The normalized spacial score (nSPS) is 12.5. The van der Waals surface area contributed by atoms with Crippen molar-refractivity contribution in [1.82, 2.24) is 0 Å². The fraction of sp³-hybridized carbons (Fsp3) is 0.222. The summed E-state index contributed by atoms with van der Waals surface area (Å²) in [6, 6.07) is 8.50. The Morgan fingerprint density at radius 3 is 1.79 bits per heavy atom. The van der Waals surface area contributed by atoms with Gasteiger partial charge in [0.15, 0.2) is 0 Å². The van der Waals surface area contributed by atoms with Gasteiger partial charge in [-0.05, 0) is 23.3 Å². The fourth-order valence-corrected chi connectivity index (χ4v) is 2.33. The Morgan fingerprint density at radius 2 is 1.34 bits per heavy atom. The Balaban J connectivity index is 0.000000291. The van der Waals surface area contributed by atoms with Gasteiger partial charge in [0.25, 0.3) is 0 Å². The molecule has 0 amide bonds. The first-order chi connectivity index (χ1) is 13.2. The van der Waals surface area contributed by atoms with Gasteiger partial charge < -0.3 is 10.2 Å². The molecule has 0 radical (unpaired) electrons. The first-order valence-corrected chi connectivity index (χ1v) is 8.55. The van der Waals surface area contributed by atoms with E-state index in [9.17, 15) is 35.9 Å². The SMILES string of the molecule is O=C(O)C(Br)c1cccc(C(F)(F)F)c1.O=C(O)Cc1cccc(C(F)(F)F)c1. The van der Waals surface area contributed by atoms with Crippen LogP contribution in [0.5, 0.6) is 0 Å². The van der Waals surface area contributed by atoms with Gasteiger partial charge in [-0.1, -0.05) is 52.3 Å². The molecule has 0 aliphatic heterocycles. The molecule has 0 aliphatic carbocycles. The number of carboxylic acid groups (broad SMARTS) is 2. The Kier molecular flexibility index (Phi) is 8.25. The molecule has 158 valence electrons. The standard InChI is InChI=1S/C9H6BrF3O2.C9H7F3O2/c10-7(8(14)15)5-2-1-3-6(4-5)9(11,12)13;10-9(11,12)7-3-1-2-6(4-7)5-8(13)14/h1-4,7H,(H,14,15);1-4H,5H2,(H,13,14).